The fourth-order valence-electron chi connectivity index (χ4n) is 1.97. The molecule has 84 valence electrons. The number of nitrogens with zero attached hydrogens (tertiary/aromatic N) is 1. The molecule has 0 aromatic carbocycles. The van der Waals surface area contributed by atoms with E-state index >= 15 is 0 Å². The van der Waals surface area contributed by atoms with Gasteiger partial charge in [-0.25, -0.2) is 0 Å². The van der Waals surface area contributed by atoms with Crippen molar-refractivity contribution in [3.63, 3.8) is 0 Å². The summed E-state index contributed by atoms with van der Waals surface area (Å²) >= 11 is 0. The van der Waals surface area contributed by atoms with E-state index in [0.29, 0.717) is 11.6 Å². The number of ether oxygens (including phenoxy) is 1. The molecule has 2 aliphatic rings. The van der Waals surface area contributed by atoms with E-state index in [2.05, 4.69) is 24.1 Å². The van der Waals surface area contributed by atoms with Crippen LogP contribution in [0.5, 0.6) is 0 Å². The minimum Gasteiger partial charge on any atom is -0.377 e. The van der Waals surface area contributed by atoms with E-state index in [1.165, 1.54) is 6.54 Å². The highest BCUT2D eigenvalue weighted by Crippen LogP contribution is 2.21. The first-order valence-electron chi connectivity index (χ1n) is 5.79. The Bertz CT molecular complexity index is 167. The molecule has 0 aromatic heterocycles. The Kier molecular flexibility index (Phi) is 4.35. The van der Waals surface area contributed by atoms with Crippen molar-refractivity contribution in [2.24, 2.45) is 0 Å². The highest BCUT2D eigenvalue weighted by Gasteiger charge is 2.42. The molecule has 14 heavy (non-hydrogen) atoms. The van der Waals surface area contributed by atoms with Gasteiger partial charge < -0.3 is 10.1 Å². The van der Waals surface area contributed by atoms with Gasteiger partial charge in [0.15, 0.2) is 0 Å². The van der Waals surface area contributed by atoms with Crippen LogP contribution in [0.2, 0.25) is 0 Å². The molecule has 3 heteroatoms. The minimum atomic E-state index is 0.308. The molecule has 0 bridgehead atoms. The first kappa shape index (κ1) is 12.0. The van der Waals surface area contributed by atoms with Crippen molar-refractivity contribution >= 4 is 0 Å². The summed E-state index contributed by atoms with van der Waals surface area (Å²) in [6.07, 6.45) is 0. The summed E-state index contributed by atoms with van der Waals surface area (Å²) in [4.78, 5) is 2.53. The second-order valence-corrected chi connectivity index (χ2v) is 4.26. The lowest BCUT2D eigenvalue weighted by Crippen LogP contribution is -2.70. The zero-order valence-electron chi connectivity index (χ0n) is 9.97. The van der Waals surface area contributed by atoms with E-state index in [-0.39, 0.29) is 0 Å². The van der Waals surface area contributed by atoms with Crippen LogP contribution in [0.3, 0.4) is 0 Å². The highest BCUT2D eigenvalue weighted by molar-refractivity contribution is 5.00. The summed E-state index contributed by atoms with van der Waals surface area (Å²) < 4.78 is 5.25. The standard InChI is InChI=1S/C9H18N2O.C2H6/c1-8(2)11-4-3-10-9(5-11)6-12-7-9;1-2/h8,10H,3-7H2,1-2H3;1-2H3. The van der Waals surface area contributed by atoms with Crippen LogP contribution >= 0.6 is 0 Å². The second kappa shape index (κ2) is 5.10. The molecule has 3 nitrogen and oxygen atoms in total. The van der Waals surface area contributed by atoms with Crippen LogP contribution < -0.4 is 5.32 Å². The van der Waals surface area contributed by atoms with Gasteiger partial charge in [0.1, 0.15) is 0 Å². The van der Waals surface area contributed by atoms with Crippen molar-refractivity contribution in [1.82, 2.24) is 10.2 Å². The fourth-order valence-corrected chi connectivity index (χ4v) is 1.97. The Balaban J connectivity index is 0.000000461. The van der Waals surface area contributed by atoms with Crippen LogP contribution in [0.25, 0.3) is 0 Å². The molecule has 2 aliphatic heterocycles. The number of piperazine rings is 1. The van der Waals surface area contributed by atoms with Gasteiger partial charge >= 0.3 is 0 Å². The van der Waals surface area contributed by atoms with Crippen LogP contribution in [0.4, 0.5) is 0 Å². The van der Waals surface area contributed by atoms with Gasteiger partial charge in [0.2, 0.25) is 0 Å². The SMILES string of the molecule is CC.CC(C)N1CCNC2(COC2)C1. The van der Waals surface area contributed by atoms with Crippen LogP contribution in [0.15, 0.2) is 0 Å². The predicted octanol–water partition coefficient (Wildman–Crippen LogP) is 1.10. The van der Waals surface area contributed by atoms with Crippen molar-refractivity contribution in [2.45, 2.75) is 39.3 Å². The summed E-state index contributed by atoms with van der Waals surface area (Å²) in [6, 6.07) is 0.671. The van der Waals surface area contributed by atoms with Crippen molar-refractivity contribution in [3.05, 3.63) is 0 Å². The summed E-state index contributed by atoms with van der Waals surface area (Å²) in [6.45, 7) is 13.8. The van der Waals surface area contributed by atoms with Crippen LogP contribution in [0, 0.1) is 0 Å². The second-order valence-electron chi connectivity index (χ2n) is 4.26. The summed E-state index contributed by atoms with van der Waals surface area (Å²) in [5.41, 5.74) is 0.308. The van der Waals surface area contributed by atoms with Gasteiger partial charge in [-0.05, 0) is 13.8 Å². The lowest BCUT2D eigenvalue weighted by Gasteiger charge is -2.50. The van der Waals surface area contributed by atoms with Crippen LogP contribution in [0.1, 0.15) is 27.7 Å². The van der Waals surface area contributed by atoms with E-state index < -0.39 is 0 Å². The molecular formula is C11H24N2O. The molecule has 2 fully saturated rings. The molecule has 0 radical (unpaired) electrons. The zero-order chi connectivity index (χ0) is 10.6. The predicted molar refractivity (Wildman–Crippen MR) is 59.6 cm³/mol. The molecule has 1 spiro atoms. The van der Waals surface area contributed by atoms with Crippen molar-refractivity contribution < 1.29 is 4.74 Å². The largest absolute Gasteiger partial charge is 0.377 e. The molecule has 2 heterocycles. The number of hydrogen-bond donors (Lipinski definition) is 1. The Morgan fingerprint density at radius 1 is 1.29 bits per heavy atom. The monoisotopic (exact) mass is 200 g/mol. The van der Waals surface area contributed by atoms with Gasteiger partial charge in [-0.3, -0.25) is 4.90 Å². The molecule has 0 aliphatic carbocycles. The molecule has 0 saturated carbocycles. The normalized spacial score (nSPS) is 25.5. The van der Waals surface area contributed by atoms with Gasteiger partial charge in [-0.15, -0.1) is 0 Å². The van der Waals surface area contributed by atoms with E-state index in [9.17, 15) is 0 Å². The Labute approximate surface area is 87.8 Å². The third-order valence-electron chi connectivity index (χ3n) is 2.89. The number of nitrogens with one attached hydrogen (secondary N) is 1. The summed E-state index contributed by atoms with van der Waals surface area (Å²) in [5.74, 6) is 0. The highest BCUT2D eigenvalue weighted by atomic mass is 16.5. The van der Waals surface area contributed by atoms with Gasteiger partial charge in [-0.1, -0.05) is 13.8 Å². The van der Waals surface area contributed by atoms with Gasteiger partial charge in [0, 0.05) is 25.7 Å². The Morgan fingerprint density at radius 2 is 1.93 bits per heavy atom. The lowest BCUT2D eigenvalue weighted by molar-refractivity contribution is -0.104. The first-order valence-corrected chi connectivity index (χ1v) is 5.79. The van der Waals surface area contributed by atoms with Gasteiger partial charge in [0.05, 0.1) is 18.8 Å². The molecule has 2 rings (SSSR count). The van der Waals surface area contributed by atoms with E-state index in [0.717, 1.165) is 26.3 Å². The van der Waals surface area contributed by atoms with Crippen molar-refractivity contribution in [1.29, 1.82) is 0 Å². The molecule has 0 aromatic rings. The Hall–Kier alpha value is -0.120. The quantitative estimate of drug-likeness (QED) is 0.686. The fraction of sp³-hybridized carbons (Fsp3) is 1.00. The third-order valence-corrected chi connectivity index (χ3v) is 2.89. The maximum atomic E-state index is 5.25. The van der Waals surface area contributed by atoms with Crippen LogP contribution in [-0.4, -0.2) is 49.3 Å². The van der Waals surface area contributed by atoms with Gasteiger partial charge in [0.25, 0.3) is 0 Å². The van der Waals surface area contributed by atoms with E-state index in [4.69, 9.17) is 4.74 Å². The van der Waals surface area contributed by atoms with Crippen molar-refractivity contribution in [2.75, 3.05) is 32.8 Å². The minimum absolute atomic E-state index is 0.308. The van der Waals surface area contributed by atoms with E-state index in [1.807, 2.05) is 13.8 Å². The average Bonchev–Trinajstić information content (AvgIpc) is 2.19. The number of rotatable bonds is 1. The zero-order valence-corrected chi connectivity index (χ0v) is 9.97. The Morgan fingerprint density at radius 3 is 2.36 bits per heavy atom. The lowest BCUT2D eigenvalue weighted by atomic mass is 9.94. The van der Waals surface area contributed by atoms with Crippen molar-refractivity contribution in [3.8, 4) is 0 Å². The van der Waals surface area contributed by atoms with E-state index in [1.54, 1.807) is 0 Å². The molecule has 0 unspecified atom stereocenters. The average molecular weight is 200 g/mol. The number of hydrogen-bond acceptors (Lipinski definition) is 3. The molecule has 1 N–H and O–H groups in total. The first-order chi connectivity index (χ1) is 6.72. The summed E-state index contributed by atoms with van der Waals surface area (Å²) in [5, 5.41) is 3.55. The van der Waals surface area contributed by atoms with Crippen LogP contribution in [-0.2, 0) is 4.74 Å². The third kappa shape index (κ3) is 2.47. The molecule has 2 saturated heterocycles. The van der Waals surface area contributed by atoms with Gasteiger partial charge in [-0.2, -0.15) is 0 Å². The summed E-state index contributed by atoms with van der Waals surface area (Å²) in [7, 11) is 0. The smallest absolute Gasteiger partial charge is 0.0782 e. The maximum absolute atomic E-state index is 5.25. The molecular weight excluding hydrogens is 176 g/mol. The molecule has 0 amide bonds. The topological polar surface area (TPSA) is 24.5 Å². The molecule has 0 atom stereocenters. The maximum Gasteiger partial charge on any atom is 0.0782 e.